The van der Waals surface area contributed by atoms with E-state index in [0.717, 1.165) is 12.8 Å². The van der Waals surface area contributed by atoms with Gasteiger partial charge in [-0.05, 0) is 61.1 Å². The second-order valence-electron chi connectivity index (χ2n) is 5.44. The fourth-order valence-corrected chi connectivity index (χ4v) is 3.15. The molecule has 0 heterocycles. The van der Waals surface area contributed by atoms with Gasteiger partial charge >= 0.3 is 0 Å². The Balaban J connectivity index is 1.78. The lowest BCUT2D eigenvalue weighted by atomic mass is 10.1. The molecular weight excluding hydrogens is 298 g/mol. The summed E-state index contributed by atoms with van der Waals surface area (Å²) in [7, 11) is 0. The number of nitrogens with one attached hydrogen (secondary N) is 1. The predicted molar refractivity (Wildman–Crippen MR) is 84.9 cm³/mol. The van der Waals surface area contributed by atoms with Crippen LogP contribution in [0.2, 0.25) is 0 Å². The third-order valence-electron chi connectivity index (χ3n) is 3.86. The zero-order valence-corrected chi connectivity index (χ0v) is 12.9. The molecule has 1 nitrogen and oxygen atoms in total. The SMILES string of the molecule is Cc1cc(NC2Cc3ccccc3C2)cc(C)c1Br. The molecule has 0 unspecified atom stereocenters. The number of rotatable bonds is 2. The van der Waals surface area contributed by atoms with Gasteiger partial charge in [0, 0.05) is 16.2 Å². The van der Waals surface area contributed by atoms with Crippen molar-refractivity contribution in [2.45, 2.75) is 32.7 Å². The maximum atomic E-state index is 3.68. The van der Waals surface area contributed by atoms with Crippen LogP contribution in [0, 0.1) is 13.8 Å². The topological polar surface area (TPSA) is 12.0 Å². The summed E-state index contributed by atoms with van der Waals surface area (Å²) < 4.78 is 1.22. The van der Waals surface area contributed by atoms with Gasteiger partial charge in [-0.25, -0.2) is 0 Å². The third-order valence-corrected chi connectivity index (χ3v) is 5.11. The van der Waals surface area contributed by atoms with Crippen molar-refractivity contribution in [2.75, 3.05) is 5.32 Å². The van der Waals surface area contributed by atoms with E-state index in [0.29, 0.717) is 6.04 Å². The monoisotopic (exact) mass is 315 g/mol. The normalized spacial score (nSPS) is 14.5. The van der Waals surface area contributed by atoms with Crippen LogP contribution in [-0.2, 0) is 12.8 Å². The molecule has 1 aliphatic rings. The Hall–Kier alpha value is -1.28. The molecule has 0 aromatic heterocycles. The van der Waals surface area contributed by atoms with E-state index in [2.05, 4.69) is 71.5 Å². The first-order valence-electron chi connectivity index (χ1n) is 6.73. The number of hydrogen-bond acceptors (Lipinski definition) is 1. The molecule has 0 radical (unpaired) electrons. The van der Waals surface area contributed by atoms with Crippen molar-refractivity contribution >= 4 is 21.6 Å². The molecule has 3 rings (SSSR count). The lowest BCUT2D eigenvalue weighted by Gasteiger charge is -2.16. The van der Waals surface area contributed by atoms with Gasteiger partial charge in [0.1, 0.15) is 0 Å². The standard InChI is InChI=1S/C17H18BrN/c1-11-7-15(8-12(2)17(11)18)19-16-9-13-5-3-4-6-14(13)10-16/h3-8,16,19H,9-10H2,1-2H3. The van der Waals surface area contributed by atoms with Gasteiger partial charge in [-0.2, -0.15) is 0 Å². The van der Waals surface area contributed by atoms with E-state index in [4.69, 9.17) is 0 Å². The molecule has 0 aliphatic heterocycles. The number of halogens is 1. The van der Waals surface area contributed by atoms with Gasteiger partial charge in [0.2, 0.25) is 0 Å². The van der Waals surface area contributed by atoms with Crippen LogP contribution in [-0.4, -0.2) is 6.04 Å². The lowest BCUT2D eigenvalue weighted by molar-refractivity contribution is 0.774. The van der Waals surface area contributed by atoms with E-state index in [-0.39, 0.29) is 0 Å². The highest BCUT2D eigenvalue weighted by atomic mass is 79.9. The molecule has 2 aromatic carbocycles. The molecule has 0 saturated carbocycles. The van der Waals surface area contributed by atoms with Crippen LogP contribution in [0.15, 0.2) is 40.9 Å². The maximum Gasteiger partial charge on any atom is 0.0348 e. The largest absolute Gasteiger partial charge is 0.382 e. The minimum Gasteiger partial charge on any atom is -0.382 e. The molecular formula is C17H18BrN. The highest BCUT2D eigenvalue weighted by Crippen LogP contribution is 2.28. The summed E-state index contributed by atoms with van der Waals surface area (Å²) in [5.41, 5.74) is 6.79. The van der Waals surface area contributed by atoms with Crippen molar-refractivity contribution in [3.8, 4) is 0 Å². The Morgan fingerprint density at radius 3 is 2.05 bits per heavy atom. The van der Waals surface area contributed by atoms with Crippen LogP contribution in [0.1, 0.15) is 22.3 Å². The van der Waals surface area contributed by atoms with Crippen molar-refractivity contribution < 1.29 is 0 Å². The number of anilines is 1. The van der Waals surface area contributed by atoms with Gasteiger partial charge in [0.05, 0.1) is 0 Å². The van der Waals surface area contributed by atoms with Crippen molar-refractivity contribution in [3.05, 3.63) is 63.1 Å². The summed E-state index contributed by atoms with van der Waals surface area (Å²) in [6, 6.07) is 13.7. The molecule has 0 bridgehead atoms. The summed E-state index contributed by atoms with van der Waals surface area (Å²) in [4.78, 5) is 0. The van der Waals surface area contributed by atoms with E-state index in [1.165, 1.54) is 32.4 Å². The average molecular weight is 316 g/mol. The highest BCUT2D eigenvalue weighted by molar-refractivity contribution is 9.10. The molecule has 98 valence electrons. The van der Waals surface area contributed by atoms with Gasteiger partial charge < -0.3 is 5.32 Å². The van der Waals surface area contributed by atoms with E-state index in [1.807, 2.05) is 0 Å². The van der Waals surface area contributed by atoms with Crippen molar-refractivity contribution in [2.24, 2.45) is 0 Å². The molecule has 0 atom stereocenters. The summed E-state index contributed by atoms with van der Waals surface area (Å²) >= 11 is 3.62. The third kappa shape index (κ3) is 2.55. The van der Waals surface area contributed by atoms with Gasteiger partial charge in [0.15, 0.2) is 0 Å². The minimum absolute atomic E-state index is 0.525. The number of aryl methyl sites for hydroxylation is 2. The van der Waals surface area contributed by atoms with Crippen LogP contribution in [0.5, 0.6) is 0 Å². The number of fused-ring (bicyclic) bond motifs is 1. The fraction of sp³-hybridized carbons (Fsp3) is 0.294. The van der Waals surface area contributed by atoms with E-state index in [9.17, 15) is 0 Å². The van der Waals surface area contributed by atoms with Crippen LogP contribution >= 0.6 is 15.9 Å². The first-order chi connectivity index (χ1) is 9.13. The molecule has 0 saturated heterocycles. The van der Waals surface area contributed by atoms with Crippen molar-refractivity contribution in [3.63, 3.8) is 0 Å². The Labute approximate surface area is 123 Å². The Bertz CT molecular complexity index is 570. The smallest absolute Gasteiger partial charge is 0.0348 e. The minimum atomic E-state index is 0.525. The number of hydrogen-bond donors (Lipinski definition) is 1. The molecule has 0 spiro atoms. The Kier molecular flexibility index (Phi) is 3.36. The molecule has 2 aromatic rings. The van der Waals surface area contributed by atoms with Gasteiger partial charge in [-0.1, -0.05) is 40.2 Å². The molecule has 2 heteroatoms. The van der Waals surface area contributed by atoms with Crippen LogP contribution in [0.3, 0.4) is 0 Å². The predicted octanol–water partition coefficient (Wildman–Crippen LogP) is 4.65. The molecule has 1 aliphatic carbocycles. The summed E-state index contributed by atoms with van der Waals surface area (Å²) in [5, 5.41) is 3.68. The molecule has 0 amide bonds. The summed E-state index contributed by atoms with van der Waals surface area (Å²) in [6.07, 6.45) is 2.26. The lowest BCUT2D eigenvalue weighted by Crippen LogP contribution is -2.19. The second kappa shape index (κ2) is 5.01. The van der Waals surface area contributed by atoms with Crippen LogP contribution in [0.25, 0.3) is 0 Å². The van der Waals surface area contributed by atoms with Crippen molar-refractivity contribution in [1.29, 1.82) is 0 Å². The average Bonchev–Trinajstić information content (AvgIpc) is 2.78. The van der Waals surface area contributed by atoms with E-state index in [1.54, 1.807) is 0 Å². The second-order valence-corrected chi connectivity index (χ2v) is 6.24. The fourth-order valence-electron chi connectivity index (χ4n) is 2.93. The quantitative estimate of drug-likeness (QED) is 0.851. The maximum absolute atomic E-state index is 3.68. The molecule has 0 fully saturated rings. The van der Waals surface area contributed by atoms with Crippen LogP contribution in [0.4, 0.5) is 5.69 Å². The number of benzene rings is 2. The van der Waals surface area contributed by atoms with Gasteiger partial charge in [-0.15, -0.1) is 0 Å². The van der Waals surface area contributed by atoms with Crippen LogP contribution < -0.4 is 5.32 Å². The van der Waals surface area contributed by atoms with Gasteiger partial charge in [-0.3, -0.25) is 0 Å². The zero-order chi connectivity index (χ0) is 13.4. The first-order valence-corrected chi connectivity index (χ1v) is 7.53. The zero-order valence-electron chi connectivity index (χ0n) is 11.3. The Morgan fingerprint density at radius 1 is 1.00 bits per heavy atom. The van der Waals surface area contributed by atoms with E-state index < -0.39 is 0 Å². The Morgan fingerprint density at radius 2 is 1.53 bits per heavy atom. The van der Waals surface area contributed by atoms with Crippen molar-refractivity contribution in [1.82, 2.24) is 0 Å². The molecule has 1 N–H and O–H groups in total. The van der Waals surface area contributed by atoms with E-state index >= 15 is 0 Å². The molecule has 19 heavy (non-hydrogen) atoms. The summed E-state index contributed by atoms with van der Waals surface area (Å²) in [6.45, 7) is 4.29. The van der Waals surface area contributed by atoms with Gasteiger partial charge in [0.25, 0.3) is 0 Å². The highest BCUT2D eigenvalue weighted by Gasteiger charge is 2.20. The summed E-state index contributed by atoms with van der Waals surface area (Å²) in [5.74, 6) is 0. The first kappa shape index (κ1) is 12.7.